The van der Waals surface area contributed by atoms with E-state index in [9.17, 15) is 72.8 Å². The minimum Gasteiger partial charge on any atom is -0.662 e. The summed E-state index contributed by atoms with van der Waals surface area (Å²) in [7, 11) is 0. The molecule has 0 saturated heterocycles. The summed E-state index contributed by atoms with van der Waals surface area (Å²) in [6, 6.07) is 11.2. The van der Waals surface area contributed by atoms with Gasteiger partial charge in [0, 0.05) is 58.7 Å². The third kappa shape index (κ3) is 22.3. The van der Waals surface area contributed by atoms with Crippen LogP contribution in [0.5, 0.6) is 0 Å². The molecule has 0 aliphatic carbocycles. The summed E-state index contributed by atoms with van der Waals surface area (Å²) in [6.45, 7) is 5.18. The quantitative estimate of drug-likeness (QED) is 0.0152. The molecule has 0 fully saturated rings. The van der Waals surface area contributed by atoms with Crippen LogP contribution in [-0.2, 0) is 59.1 Å². The van der Waals surface area contributed by atoms with Crippen LogP contribution in [0.3, 0.4) is 0 Å². The number of aromatic nitrogens is 20. The molecule has 12 aromatic rings. The first-order chi connectivity index (χ1) is 50.5. The van der Waals surface area contributed by atoms with Crippen molar-refractivity contribution in [3.05, 3.63) is 286 Å². The molecule has 0 aliphatic rings. The molecular weight excluding hydrogens is 1490 g/mol. The smallest absolute Gasteiger partial charge is 0.662 e. The molecule has 8 heterocycles. The molecule has 0 amide bonds. The fraction of sp³-hybridized carbons (Fsp3) is 0.231. The van der Waals surface area contributed by atoms with Crippen LogP contribution < -0.4 is 34.8 Å². The Morgan fingerprint density at radius 1 is 0.467 bits per heavy atom. The molecule has 0 radical (unpaired) electrons. The van der Waals surface area contributed by atoms with Gasteiger partial charge in [0.25, 0.3) is 6.47 Å². The van der Waals surface area contributed by atoms with Crippen LogP contribution in [0.25, 0.3) is 0 Å². The van der Waals surface area contributed by atoms with Crippen molar-refractivity contribution in [2.75, 3.05) is 0 Å². The zero-order valence-electron chi connectivity index (χ0n) is 56.1. The van der Waals surface area contributed by atoms with E-state index in [4.69, 9.17) is 33.3 Å². The topological polar surface area (TPSA) is 353 Å². The van der Waals surface area contributed by atoms with Gasteiger partial charge in [-0.25, -0.2) is 131 Å². The Morgan fingerprint density at radius 2 is 0.804 bits per heavy atom. The van der Waals surface area contributed by atoms with E-state index in [1.807, 2.05) is 6.92 Å². The van der Waals surface area contributed by atoms with Crippen molar-refractivity contribution in [2.24, 2.45) is 0 Å². The van der Waals surface area contributed by atoms with Crippen LogP contribution in [0.1, 0.15) is 95.3 Å². The summed E-state index contributed by atoms with van der Waals surface area (Å²) in [5, 5.41) is 57.2. The van der Waals surface area contributed by atoms with E-state index in [1.54, 1.807) is 0 Å². The second kappa shape index (κ2) is 39.7. The van der Waals surface area contributed by atoms with Crippen LogP contribution >= 0.6 is 23.2 Å². The zero-order chi connectivity index (χ0) is 77.5. The predicted molar refractivity (Wildman–Crippen MR) is 341 cm³/mol. The Balaban J connectivity index is 0.000000212. The maximum absolute atomic E-state index is 14.4. The number of carbonyl (C=O) groups is 2. The van der Waals surface area contributed by atoms with Crippen molar-refractivity contribution in [1.29, 1.82) is 0 Å². The van der Waals surface area contributed by atoms with Gasteiger partial charge in [-0.05, 0) is 36.8 Å². The van der Waals surface area contributed by atoms with Crippen molar-refractivity contribution in [2.45, 2.75) is 94.9 Å². The second-order valence-electron chi connectivity index (χ2n) is 22.1. The number of carbonyl (C=O) groups excluding carboxylic acids is 2. The van der Waals surface area contributed by atoms with Crippen LogP contribution in [0.15, 0.2) is 161 Å². The normalized spacial score (nSPS) is 13.3. The number of benzene rings is 4. The number of halogens is 14. The molecule has 27 nitrogen and oxygen atoms in total. The number of aliphatic hydroxyl groups is 3. The van der Waals surface area contributed by atoms with Crippen LogP contribution in [-0.4, -0.2) is 127 Å². The monoisotopic (exact) mass is 1550 g/mol. The number of ketones is 1. The van der Waals surface area contributed by atoms with Gasteiger partial charge >= 0.3 is 29.6 Å². The maximum Gasteiger partial charge on any atom is 1.00 e. The SMILES string of the molecule is CC(c1ncnc(Cl)c1F)C(O)(Cn1cncn1)c1ccc(F)cc1F.CC(c1ncncc1F)C(O)(Cn1cncn1)c1ccc(F)cc1F.CCc1ncnc(Cl)c1F.C[C@@H](c1ncncc1F)[C@](O)(Cn1cncn1)c1ccc(F)cc1F.O=C(Cn1cncn1)c1ccc(F)cc1F.O=CO[O-].[Na+]. The van der Waals surface area contributed by atoms with E-state index in [0.29, 0.717) is 36.4 Å². The molecule has 0 spiro atoms. The van der Waals surface area contributed by atoms with Gasteiger partial charge in [0.2, 0.25) is 0 Å². The molecule has 4 aromatic carbocycles. The summed E-state index contributed by atoms with van der Waals surface area (Å²) < 4.78 is 169. The van der Waals surface area contributed by atoms with Gasteiger partial charge in [0.15, 0.2) is 39.4 Å². The minimum absolute atomic E-state index is 0. The Hall–Kier alpha value is -10.5. The summed E-state index contributed by atoms with van der Waals surface area (Å²) in [5.74, 6) is -13.3. The van der Waals surface area contributed by atoms with E-state index in [0.717, 1.165) is 79.9 Å². The number of Topliss-reactive ketones (excluding diaryl/α,β-unsaturated/α-hetero) is 1. The summed E-state index contributed by atoms with van der Waals surface area (Å²) in [6.07, 6.45) is 17.3. The maximum atomic E-state index is 14.4. The van der Waals surface area contributed by atoms with Gasteiger partial charge in [-0.2, -0.15) is 20.4 Å². The second-order valence-corrected chi connectivity index (χ2v) is 22.8. The van der Waals surface area contributed by atoms with Crippen molar-refractivity contribution < 1.29 is 117 Å². The van der Waals surface area contributed by atoms with E-state index in [1.165, 1.54) is 96.4 Å². The van der Waals surface area contributed by atoms with Crippen LogP contribution in [0, 0.1) is 69.8 Å². The first-order valence-corrected chi connectivity index (χ1v) is 31.0. The largest absolute Gasteiger partial charge is 1.00 e. The minimum atomic E-state index is -2.02. The molecule has 556 valence electrons. The van der Waals surface area contributed by atoms with Gasteiger partial charge in [-0.1, -0.05) is 69.1 Å². The summed E-state index contributed by atoms with van der Waals surface area (Å²) in [4.78, 5) is 67.2. The molecule has 0 saturated carbocycles. The van der Waals surface area contributed by atoms with Crippen molar-refractivity contribution >= 4 is 35.5 Å². The van der Waals surface area contributed by atoms with Gasteiger partial charge in [-0.15, -0.1) is 0 Å². The number of hydrogen-bond acceptors (Lipinski definition) is 23. The van der Waals surface area contributed by atoms with Crippen LogP contribution in [0.2, 0.25) is 10.3 Å². The van der Waals surface area contributed by atoms with Gasteiger partial charge in [-0.3, -0.25) is 9.59 Å². The molecule has 8 aromatic heterocycles. The third-order valence-corrected chi connectivity index (χ3v) is 16.1. The summed E-state index contributed by atoms with van der Waals surface area (Å²) in [5.41, 5.74) is -6.78. The molecule has 42 heteroatoms. The molecule has 0 aliphatic heterocycles. The van der Waals surface area contributed by atoms with E-state index in [-0.39, 0.29) is 107 Å². The molecule has 6 atom stereocenters. The molecule has 107 heavy (non-hydrogen) atoms. The van der Waals surface area contributed by atoms with E-state index in [2.05, 4.69) is 85.1 Å². The van der Waals surface area contributed by atoms with Crippen molar-refractivity contribution in [1.82, 2.24) is 98.9 Å². The fourth-order valence-electron chi connectivity index (χ4n) is 10.1. The van der Waals surface area contributed by atoms with E-state index < -0.39 is 115 Å². The Kier molecular flexibility index (Phi) is 31.7. The molecule has 0 bridgehead atoms. The Labute approximate surface area is 629 Å². The predicted octanol–water partition coefficient (Wildman–Crippen LogP) is 5.89. The molecular formula is C65H55Cl2F12N20NaO7. The van der Waals surface area contributed by atoms with Crippen LogP contribution in [0.4, 0.5) is 52.7 Å². The molecule has 4 unspecified atom stereocenters. The summed E-state index contributed by atoms with van der Waals surface area (Å²) >= 11 is 11.1. The zero-order valence-corrected chi connectivity index (χ0v) is 59.6. The third-order valence-electron chi connectivity index (χ3n) is 15.5. The van der Waals surface area contributed by atoms with Gasteiger partial charge < -0.3 is 25.5 Å². The van der Waals surface area contributed by atoms with Gasteiger partial charge in [0.1, 0.15) is 146 Å². The fourth-order valence-corrected chi connectivity index (χ4v) is 10.4. The molecule has 3 N–H and O–H groups in total. The molecule has 12 rings (SSSR count). The average Bonchev–Trinajstić information content (AvgIpc) is 1.41. The average molecular weight is 1550 g/mol. The number of nitrogens with zero attached hydrogens (tertiary/aromatic N) is 20. The van der Waals surface area contributed by atoms with E-state index >= 15 is 0 Å². The number of hydrogen-bond donors (Lipinski definition) is 3. The first-order valence-electron chi connectivity index (χ1n) is 30.2. The number of aryl methyl sites for hydroxylation is 1. The first kappa shape index (κ1) is 85.4. The Bertz CT molecular complexity index is 4690. The van der Waals surface area contributed by atoms with Gasteiger partial charge in [0.05, 0.1) is 60.4 Å². The number of rotatable bonds is 20. The standard InChI is InChI=1S/C16H13ClF3N5O.2C16H14F3N5O.C10H7F2N3O.C6H6ClFN2.CH2O3.Na/c1-9(14-13(20)15(17)23-7-22-14)16(26,5-25-8-21-6-24-25)11-3-2-10(18)4-12(11)19;2*1-10(15-14(19)5-20-7-22-15)16(25,6-24-9-21-8-23-24)12-3-2-11(17)4-13(12)18;11-7-1-2-8(9(12)3-7)10(16)4-15-6-13-5-14-15;1-2-4-5(8)6(7)10-3-9-4;2-1-4-3;/h2-4,6-9,26H,5H2,1H3;2*2-5,7-10,25H,6H2,1H3;1-3,5-6H,4H2;3H,2H2,1H3;1,3H;/q;;;;;;+1/p-1/t;10-,16+;;;;;/m.0...../s1. The van der Waals surface area contributed by atoms with Crippen molar-refractivity contribution in [3.8, 4) is 0 Å². The Morgan fingerprint density at radius 3 is 1.13 bits per heavy atom. The van der Waals surface area contributed by atoms with Crippen molar-refractivity contribution in [3.63, 3.8) is 0 Å².